The number of benzene rings is 2. The molecule has 0 aliphatic heterocycles. The van der Waals surface area contributed by atoms with Gasteiger partial charge in [0.15, 0.2) is 5.69 Å². The lowest BCUT2D eigenvalue weighted by molar-refractivity contribution is -0.142. The lowest BCUT2D eigenvalue weighted by atomic mass is 10.0. The molecule has 2 aromatic carbocycles. The number of hydrogen-bond donors (Lipinski definition) is 1. The average molecular weight is 464 g/mol. The summed E-state index contributed by atoms with van der Waals surface area (Å²) in [4.78, 5) is 24.2. The highest BCUT2D eigenvalue weighted by Gasteiger charge is 2.26. The van der Waals surface area contributed by atoms with Crippen LogP contribution in [0.5, 0.6) is 5.75 Å². The third-order valence-corrected chi connectivity index (χ3v) is 5.22. The number of halogens is 2. The van der Waals surface area contributed by atoms with Gasteiger partial charge >= 0.3 is 5.97 Å². The van der Waals surface area contributed by atoms with Crippen LogP contribution in [0.25, 0.3) is 22.0 Å². The molecule has 1 N–H and O–H groups in total. The Balaban J connectivity index is 1.87. The number of rotatable bonds is 7. The summed E-state index contributed by atoms with van der Waals surface area (Å²) in [5.41, 5.74) is 2.14. The Bertz CT molecular complexity index is 1140. The van der Waals surface area contributed by atoms with E-state index >= 15 is 0 Å². The van der Waals surface area contributed by atoms with E-state index in [-0.39, 0.29) is 24.1 Å². The molecule has 0 aliphatic rings. The summed E-state index contributed by atoms with van der Waals surface area (Å²) < 4.78 is 11.9. The molecule has 1 heterocycles. The first-order valence-corrected chi connectivity index (χ1v) is 10.4. The molecule has 1 aromatic heterocycles. The minimum atomic E-state index is -0.789. The van der Waals surface area contributed by atoms with E-state index in [0.29, 0.717) is 16.2 Å². The van der Waals surface area contributed by atoms with Crippen LogP contribution < -0.4 is 10.1 Å². The van der Waals surface area contributed by atoms with E-state index in [1.165, 1.54) is 0 Å². The molecular weight excluding hydrogens is 441 g/mol. The minimum absolute atomic E-state index is 0.00254. The maximum Gasteiger partial charge on any atom is 0.320 e. The van der Waals surface area contributed by atoms with Crippen LogP contribution in [-0.4, -0.2) is 46.8 Å². The first-order valence-electron chi connectivity index (χ1n) is 9.50. The molecule has 164 valence electrons. The van der Waals surface area contributed by atoms with Crippen molar-refractivity contribution in [1.82, 2.24) is 15.1 Å². The van der Waals surface area contributed by atoms with Crippen molar-refractivity contribution in [3.63, 3.8) is 0 Å². The highest BCUT2D eigenvalue weighted by molar-refractivity contribution is 6.32. The molecule has 0 atom stereocenters. The number of methoxy groups -OCH3 is 1. The third-order valence-electron chi connectivity index (χ3n) is 4.71. The van der Waals surface area contributed by atoms with Crippen molar-refractivity contribution in [1.29, 1.82) is 0 Å². The van der Waals surface area contributed by atoms with E-state index in [1.54, 1.807) is 32.7 Å². The molecule has 0 unspecified atom stereocenters. The molecule has 0 fully saturated rings. The van der Waals surface area contributed by atoms with E-state index in [1.807, 2.05) is 36.4 Å². The van der Waals surface area contributed by atoms with E-state index in [2.05, 4.69) is 10.4 Å². The highest BCUT2D eigenvalue weighted by Crippen LogP contribution is 2.32. The fourth-order valence-electron chi connectivity index (χ4n) is 3.15. The summed E-state index contributed by atoms with van der Waals surface area (Å²) in [5.74, 6) is -0.544. The maximum atomic E-state index is 12.9. The number of aryl methyl sites for hydroxylation is 1. The predicted octanol–water partition coefficient (Wildman–Crippen LogP) is 4.19. The fourth-order valence-corrected chi connectivity index (χ4v) is 3.49. The Morgan fingerprint density at radius 2 is 1.84 bits per heavy atom. The number of nitrogens with one attached hydrogen (secondary N) is 1. The Kier molecular flexibility index (Phi) is 6.77. The fraction of sp³-hybridized carbons (Fsp3) is 0.318. The number of amides is 1. The number of nitrogens with zero attached hydrogens (tertiary/aromatic N) is 2. The lowest BCUT2D eigenvalue weighted by Crippen LogP contribution is -2.47. The zero-order chi connectivity index (χ0) is 22.8. The molecule has 3 rings (SSSR count). The Labute approximate surface area is 190 Å². The number of aromatic nitrogens is 2. The Hall–Kier alpha value is -2.77. The number of hydrogen-bond acceptors (Lipinski definition) is 5. The van der Waals surface area contributed by atoms with Gasteiger partial charge in [0.05, 0.1) is 23.2 Å². The van der Waals surface area contributed by atoms with E-state index in [9.17, 15) is 9.59 Å². The highest BCUT2D eigenvalue weighted by atomic mass is 35.5. The topological polar surface area (TPSA) is 82.4 Å². The molecule has 0 radical (unpaired) electrons. The number of fused-ring (bicyclic) bond motifs is 1. The van der Waals surface area contributed by atoms with Crippen LogP contribution in [0.1, 0.15) is 24.3 Å². The molecule has 3 aromatic rings. The summed E-state index contributed by atoms with van der Waals surface area (Å²) in [6.07, 6.45) is 0. The number of ether oxygens (including phenoxy) is 2. The molecule has 31 heavy (non-hydrogen) atoms. The van der Waals surface area contributed by atoms with Crippen LogP contribution in [0.2, 0.25) is 5.02 Å². The van der Waals surface area contributed by atoms with Crippen molar-refractivity contribution in [2.24, 2.45) is 7.05 Å². The first kappa shape index (κ1) is 22.9. The molecular formula is C22H23Cl2N3O4. The largest absolute Gasteiger partial charge is 0.495 e. The van der Waals surface area contributed by atoms with Gasteiger partial charge < -0.3 is 14.8 Å². The van der Waals surface area contributed by atoms with Gasteiger partial charge in [0, 0.05) is 12.4 Å². The van der Waals surface area contributed by atoms with Gasteiger partial charge in [-0.1, -0.05) is 23.7 Å². The number of esters is 1. The second-order valence-corrected chi connectivity index (χ2v) is 8.36. The van der Waals surface area contributed by atoms with Crippen molar-refractivity contribution in [2.45, 2.75) is 19.4 Å². The van der Waals surface area contributed by atoms with E-state index in [4.69, 9.17) is 32.7 Å². The normalized spacial score (nSPS) is 11.4. The van der Waals surface area contributed by atoms with E-state index in [0.717, 1.165) is 16.6 Å². The lowest BCUT2D eigenvalue weighted by Gasteiger charge is -2.25. The summed E-state index contributed by atoms with van der Waals surface area (Å²) in [5, 5.41) is 8.47. The molecule has 0 saturated carbocycles. The summed E-state index contributed by atoms with van der Waals surface area (Å²) >= 11 is 11.7. The smallest absolute Gasteiger partial charge is 0.320 e. The van der Waals surface area contributed by atoms with Crippen LogP contribution in [-0.2, 0) is 16.6 Å². The van der Waals surface area contributed by atoms with Gasteiger partial charge in [-0.2, -0.15) is 5.10 Å². The SMILES string of the molecule is COc1ccc(-c2ccc3c(C(=O)NC(C)(C)COC(=O)CCl)nn(C)c3c2)cc1Cl. The van der Waals surface area contributed by atoms with E-state index < -0.39 is 11.5 Å². The summed E-state index contributed by atoms with van der Waals surface area (Å²) in [7, 11) is 3.34. The predicted molar refractivity (Wildman–Crippen MR) is 121 cm³/mol. The van der Waals surface area contributed by atoms with Gasteiger partial charge in [0.2, 0.25) is 0 Å². The van der Waals surface area contributed by atoms with Crippen LogP contribution in [0, 0.1) is 0 Å². The molecule has 9 heteroatoms. The van der Waals surface area contributed by atoms with Gasteiger partial charge in [-0.15, -0.1) is 11.6 Å². The molecule has 0 aliphatic carbocycles. The van der Waals surface area contributed by atoms with Crippen molar-refractivity contribution in [3.05, 3.63) is 47.1 Å². The number of alkyl halides is 1. The van der Waals surface area contributed by atoms with Crippen molar-refractivity contribution in [3.8, 4) is 16.9 Å². The van der Waals surface area contributed by atoms with Crippen LogP contribution in [0.15, 0.2) is 36.4 Å². The maximum absolute atomic E-state index is 12.9. The first-order chi connectivity index (χ1) is 14.6. The quantitative estimate of drug-likeness (QED) is 0.419. The summed E-state index contributed by atoms with van der Waals surface area (Å²) in [6, 6.07) is 11.3. The van der Waals surface area contributed by atoms with Crippen molar-refractivity contribution < 1.29 is 19.1 Å². The standard InChI is InChI=1S/C22H23Cl2N3O4/c1-22(2,12-31-19(28)11-23)25-21(29)20-15-7-5-14(10-17(15)27(3)26-20)13-6-8-18(30-4)16(24)9-13/h5-10H,11-12H2,1-4H3,(H,25,29). The summed E-state index contributed by atoms with van der Waals surface area (Å²) in [6.45, 7) is 3.50. The van der Waals surface area contributed by atoms with Crippen LogP contribution >= 0.6 is 23.2 Å². The monoisotopic (exact) mass is 463 g/mol. The molecule has 0 bridgehead atoms. The van der Waals surface area contributed by atoms with Crippen molar-refractivity contribution >= 4 is 46.0 Å². The van der Waals surface area contributed by atoms with Crippen LogP contribution in [0.3, 0.4) is 0 Å². The average Bonchev–Trinajstić information content (AvgIpc) is 3.08. The molecule has 0 spiro atoms. The molecule has 7 nitrogen and oxygen atoms in total. The second kappa shape index (κ2) is 9.16. The van der Waals surface area contributed by atoms with Gasteiger partial charge in [0.1, 0.15) is 18.2 Å². The minimum Gasteiger partial charge on any atom is -0.495 e. The van der Waals surface area contributed by atoms with Gasteiger partial charge in [0.25, 0.3) is 5.91 Å². The van der Waals surface area contributed by atoms with Gasteiger partial charge in [-0.25, -0.2) is 0 Å². The second-order valence-electron chi connectivity index (χ2n) is 7.69. The zero-order valence-electron chi connectivity index (χ0n) is 17.7. The molecule has 1 amide bonds. The number of carbonyl (C=O) groups excluding carboxylic acids is 2. The van der Waals surface area contributed by atoms with Gasteiger partial charge in [-0.05, 0) is 49.2 Å². The number of carbonyl (C=O) groups is 2. The zero-order valence-corrected chi connectivity index (χ0v) is 19.2. The molecule has 0 saturated heterocycles. The Morgan fingerprint density at radius 3 is 2.48 bits per heavy atom. The van der Waals surface area contributed by atoms with Crippen molar-refractivity contribution in [2.75, 3.05) is 19.6 Å². The Morgan fingerprint density at radius 1 is 1.16 bits per heavy atom. The van der Waals surface area contributed by atoms with Gasteiger partial charge in [-0.3, -0.25) is 14.3 Å². The van der Waals surface area contributed by atoms with Crippen LogP contribution in [0.4, 0.5) is 0 Å². The third kappa shape index (κ3) is 5.11.